The van der Waals surface area contributed by atoms with Gasteiger partial charge in [0.1, 0.15) is 5.75 Å². The third-order valence-corrected chi connectivity index (χ3v) is 5.36. The second-order valence-corrected chi connectivity index (χ2v) is 7.31. The van der Waals surface area contributed by atoms with E-state index in [0.29, 0.717) is 23.8 Å². The first-order valence-electron chi connectivity index (χ1n) is 9.30. The van der Waals surface area contributed by atoms with Gasteiger partial charge in [-0.25, -0.2) is 0 Å². The molecule has 0 spiro atoms. The van der Waals surface area contributed by atoms with Gasteiger partial charge in [0.2, 0.25) is 11.9 Å². The first-order valence-corrected chi connectivity index (χ1v) is 9.68. The number of anilines is 1. The van der Waals surface area contributed by atoms with Gasteiger partial charge in [0, 0.05) is 25.8 Å². The van der Waals surface area contributed by atoms with E-state index in [1.165, 1.54) is 0 Å². The Labute approximate surface area is 168 Å². The van der Waals surface area contributed by atoms with Gasteiger partial charge in [-0.1, -0.05) is 23.7 Å². The molecule has 1 atom stereocenters. The maximum atomic E-state index is 12.7. The van der Waals surface area contributed by atoms with E-state index in [2.05, 4.69) is 20.4 Å². The van der Waals surface area contributed by atoms with Gasteiger partial charge in [-0.05, 0) is 42.7 Å². The minimum absolute atomic E-state index is 0.0624. The summed E-state index contributed by atoms with van der Waals surface area (Å²) in [4.78, 5) is 14.8. The number of pyridine rings is 1. The quantitative estimate of drug-likeness (QED) is 0.714. The van der Waals surface area contributed by atoms with Crippen molar-refractivity contribution in [3.63, 3.8) is 0 Å². The van der Waals surface area contributed by atoms with E-state index in [1.807, 2.05) is 40.9 Å². The number of nitrogens with one attached hydrogen (secondary N) is 1. The standard InChI is InChI=1S/C20H22ClN5O2/c1-28-16-8-6-14(7-9-16)12-22-19(27)15-4-2-10-25(13-15)20-24-23-18-17(21)5-3-11-26(18)20/h3,5-9,11,15H,2,4,10,12-13H2,1H3,(H,22,27)/t15-/m1/s1. The minimum atomic E-state index is -0.0847. The van der Waals surface area contributed by atoms with Gasteiger partial charge in [-0.15, -0.1) is 10.2 Å². The fourth-order valence-electron chi connectivity index (χ4n) is 3.54. The maximum Gasteiger partial charge on any atom is 0.231 e. The Morgan fingerprint density at radius 1 is 1.29 bits per heavy atom. The third-order valence-electron chi connectivity index (χ3n) is 5.07. The molecule has 146 valence electrons. The molecule has 0 saturated carbocycles. The molecule has 4 rings (SSSR count). The molecule has 0 radical (unpaired) electrons. The number of carbonyl (C=O) groups excluding carboxylic acids is 1. The van der Waals surface area contributed by atoms with Crippen molar-refractivity contribution in [1.82, 2.24) is 19.9 Å². The number of rotatable bonds is 5. The zero-order valence-electron chi connectivity index (χ0n) is 15.6. The number of benzene rings is 1. The van der Waals surface area contributed by atoms with Crippen LogP contribution in [0.1, 0.15) is 18.4 Å². The highest BCUT2D eigenvalue weighted by atomic mass is 35.5. The van der Waals surface area contributed by atoms with Crippen molar-refractivity contribution in [3.05, 3.63) is 53.2 Å². The van der Waals surface area contributed by atoms with Gasteiger partial charge in [-0.2, -0.15) is 0 Å². The number of carbonyl (C=O) groups is 1. The summed E-state index contributed by atoms with van der Waals surface area (Å²) in [5.74, 6) is 1.51. The topological polar surface area (TPSA) is 71.8 Å². The fraction of sp³-hybridized carbons (Fsp3) is 0.350. The number of ether oxygens (including phenoxy) is 1. The van der Waals surface area contributed by atoms with Crippen LogP contribution in [0.4, 0.5) is 5.95 Å². The summed E-state index contributed by atoms with van der Waals surface area (Å²) in [6.45, 7) is 1.96. The van der Waals surface area contributed by atoms with Crippen LogP contribution in [0, 0.1) is 5.92 Å². The molecule has 28 heavy (non-hydrogen) atoms. The summed E-state index contributed by atoms with van der Waals surface area (Å²) >= 11 is 6.19. The second-order valence-electron chi connectivity index (χ2n) is 6.90. The van der Waals surface area contributed by atoms with Crippen molar-refractivity contribution in [1.29, 1.82) is 0 Å². The predicted octanol–water partition coefficient (Wildman–Crippen LogP) is 2.92. The molecule has 8 heteroatoms. The highest BCUT2D eigenvalue weighted by molar-refractivity contribution is 6.33. The van der Waals surface area contributed by atoms with Crippen LogP contribution in [-0.2, 0) is 11.3 Å². The van der Waals surface area contributed by atoms with Gasteiger partial charge >= 0.3 is 0 Å². The van der Waals surface area contributed by atoms with Crippen molar-refractivity contribution in [2.24, 2.45) is 5.92 Å². The van der Waals surface area contributed by atoms with Crippen LogP contribution in [0.3, 0.4) is 0 Å². The predicted molar refractivity (Wildman–Crippen MR) is 108 cm³/mol. The van der Waals surface area contributed by atoms with E-state index in [0.717, 1.165) is 36.6 Å². The largest absolute Gasteiger partial charge is 0.497 e. The molecule has 3 aromatic rings. The smallest absolute Gasteiger partial charge is 0.231 e. The number of hydrogen-bond acceptors (Lipinski definition) is 5. The molecule has 3 heterocycles. The number of nitrogens with zero attached hydrogens (tertiary/aromatic N) is 4. The summed E-state index contributed by atoms with van der Waals surface area (Å²) in [6.07, 6.45) is 3.68. The number of aromatic nitrogens is 3. The van der Waals surface area contributed by atoms with Gasteiger partial charge in [0.25, 0.3) is 0 Å². The lowest BCUT2D eigenvalue weighted by atomic mass is 9.97. The molecule has 2 aromatic heterocycles. The van der Waals surface area contributed by atoms with Gasteiger partial charge < -0.3 is 15.0 Å². The minimum Gasteiger partial charge on any atom is -0.497 e. The van der Waals surface area contributed by atoms with Gasteiger partial charge in [0.15, 0.2) is 5.65 Å². The zero-order chi connectivity index (χ0) is 19.5. The normalized spacial score (nSPS) is 16.9. The number of halogens is 1. The molecule has 0 unspecified atom stereocenters. The Morgan fingerprint density at radius 2 is 2.11 bits per heavy atom. The Balaban J connectivity index is 1.41. The van der Waals surface area contributed by atoms with Crippen LogP contribution in [-0.4, -0.2) is 40.7 Å². The molecule has 0 aliphatic carbocycles. The molecule has 7 nitrogen and oxygen atoms in total. The van der Waals surface area contributed by atoms with E-state index in [4.69, 9.17) is 16.3 Å². The first kappa shape index (κ1) is 18.6. The third kappa shape index (κ3) is 3.75. The average molecular weight is 400 g/mol. The number of hydrogen-bond donors (Lipinski definition) is 1. The fourth-order valence-corrected chi connectivity index (χ4v) is 3.74. The summed E-state index contributed by atoms with van der Waals surface area (Å²) in [5, 5.41) is 12.1. The van der Waals surface area contributed by atoms with Gasteiger partial charge in [-0.3, -0.25) is 9.20 Å². The summed E-state index contributed by atoms with van der Waals surface area (Å²) in [7, 11) is 1.64. The van der Waals surface area contributed by atoms with Crippen LogP contribution < -0.4 is 15.0 Å². The van der Waals surface area contributed by atoms with E-state index >= 15 is 0 Å². The number of piperidine rings is 1. The lowest BCUT2D eigenvalue weighted by Gasteiger charge is -2.32. The number of methoxy groups -OCH3 is 1. The molecule has 1 fully saturated rings. The lowest BCUT2D eigenvalue weighted by molar-refractivity contribution is -0.125. The molecule has 1 aliphatic rings. The molecule has 1 N–H and O–H groups in total. The van der Waals surface area contributed by atoms with E-state index in [1.54, 1.807) is 13.2 Å². The Hall–Kier alpha value is -2.80. The maximum absolute atomic E-state index is 12.7. The van der Waals surface area contributed by atoms with Crippen molar-refractivity contribution >= 4 is 29.1 Å². The number of fused-ring (bicyclic) bond motifs is 1. The van der Waals surface area contributed by atoms with Crippen molar-refractivity contribution in [3.8, 4) is 5.75 Å². The molecular weight excluding hydrogens is 378 g/mol. The van der Waals surface area contributed by atoms with E-state index in [-0.39, 0.29) is 11.8 Å². The monoisotopic (exact) mass is 399 g/mol. The average Bonchev–Trinajstić information content (AvgIpc) is 3.18. The molecule has 1 aliphatic heterocycles. The van der Waals surface area contributed by atoms with Crippen LogP contribution in [0.2, 0.25) is 5.02 Å². The molecule has 1 amide bonds. The summed E-state index contributed by atoms with van der Waals surface area (Å²) in [5.41, 5.74) is 1.67. The van der Waals surface area contributed by atoms with E-state index < -0.39 is 0 Å². The highest BCUT2D eigenvalue weighted by Crippen LogP contribution is 2.25. The van der Waals surface area contributed by atoms with Crippen LogP contribution in [0.5, 0.6) is 5.75 Å². The van der Waals surface area contributed by atoms with Crippen LogP contribution >= 0.6 is 11.6 Å². The van der Waals surface area contributed by atoms with Crippen molar-refractivity contribution < 1.29 is 9.53 Å². The van der Waals surface area contributed by atoms with Crippen molar-refractivity contribution in [2.45, 2.75) is 19.4 Å². The summed E-state index contributed by atoms with van der Waals surface area (Å²) < 4.78 is 7.04. The molecular formula is C20H22ClN5O2. The van der Waals surface area contributed by atoms with E-state index in [9.17, 15) is 4.79 Å². The molecule has 1 aromatic carbocycles. The summed E-state index contributed by atoms with van der Waals surface area (Å²) in [6, 6.07) is 11.4. The number of amides is 1. The highest BCUT2D eigenvalue weighted by Gasteiger charge is 2.28. The molecule has 0 bridgehead atoms. The first-order chi connectivity index (χ1) is 13.7. The lowest BCUT2D eigenvalue weighted by Crippen LogP contribution is -2.43. The van der Waals surface area contributed by atoms with Gasteiger partial charge in [0.05, 0.1) is 18.1 Å². The molecule has 1 saturated heterocycles. The van der Waals surface area contributed by atoms with Crippen LogP contribution in [0.25, 0.3) is 5.65 Å². The van der Waals surface area contributed by atoms with Crippen molar-refractivity contribution in [2.75, 3.05) is 25.1 Å². The Kier molecular flexibility index (Phi) is 5.34. The zero-order valence-corrected chi connectivity index (χ0v) is 16.4. The Bertz CT molecular complexity index is 972. The Morgan fingerprint density at radius 3 is 2.89 bits per heavy atom. The van der Waals surface area contributed by atoms with Crippen LogP contribution in [0.15, 0.2) is 42.6 Å². The SMILES string of the molecule is COc1ccc(CNC(=O)[C@@H]2CCCN(c3nnc4c(Cl)cccn34)C2)cc1. The second kappa shape index (κ2) is 8.06.